The van der Waals surface area contributed by atoms with Crippen molar-refractivity contribution in [2.24, 2.45) is 5.41 Å². The van der Waals surface area contributed by atoms with Crippen molar-refractivity contribution < 1.29 is 23.5 Å². The molecule has 3 amide bonds. The maximum atomic E-state index is 13.9. The van der Waals surface area contributed by atoms with E-state index in [0.29, 0.717) is 17.8 Å². The van der Waals surface area contributed by atoms with Gasteiger partial charge in [0.15, 0.2) is 0 Å². The Labute approximate surface area is 253 Å². The molecule has 0 atom stereocenters. The van der Waals surface area contributed by atoms with Gasteiger partial charge >= 0.3 is 0 Å². The zero-order valence-corrected chi connectivity index (χ0v) is 26.1. The topological polar surface area (TPSA) is 112 Å². The zero-order valence-electron chi connectivity index (χ0n) is 25.3. The predicted octanol–water partition coefficient (Wildman–Crippen LogP) is 4.94. The third kappa shape index (κ3) is 11.3. The normalized spacial score (nSPS) is 11.9. The molecular weight excluding hydrogens is 561 g/mol. The molecule has 0 fully saturated rings. The molecule has 2 rings (SSSR count). The molecule has 0 aliphatic carbocycles. The molecule has 0 radical (unpaired) electrons. The number of hydrogen-bond donors (Lipinski definition) is 4. The number of ether oxygens (including phenoxy) is 1. The van der Waals surface area contributed by atoms with Gasteiger partial charge in [-0.25, -0.2) is 4.39 Å². The Morgan fingerprint density at radius 3 is 2.38 bits per heavy atom. The second-order valence-corrected chi connectivity index (χ2v) is 11.4. The van der Waals surface area contributed by atoms with E-state index in [-0.39, 0.29) is 47.5 Å². The molecule has 2 aromatic rings. The largest absolute Gasteiger partial charge is 0.493 e. The number of carbonyl (C=O) groups excluding carboxylic acids is 3. The molecule has 4 N–H and O–H groups in total. The highest BCUT2D eigenvalue weighted by Gasteiger charge is 2.27. The summed E-state index contributed by atoms with van der Waals surface area (Å²) in [5.74, 6) is -1.93. The number of nitrogens with zero attached hydrogens (tertiary/aromatic N) is 1. The Balaban J connectivity index is 2.15. The summed E-state index contributed by atoms with van der Waals surface area (Å²) in [5.41, 5.74) is 0.783. The highest BCUT2D eigenvalue weighted by atomic mass is 35.5. The quantitative estimate of drug-likeness (QED) is 0.160. The van der Waals surface area contributed by atoms with Gasteiger partial charge in [-0.2, -0.15) is 0 Å². The Morgan fingerprint density at radius 1 is 1.07 bits per heavy atom. The van der Waals surface area contributed by atoms with Crippen LogP contribution in [0.5, 0.6) is 5.75 Å². The van der Waals surface area contributed by atoms with Crippen molar-refractivity contribution in [2.45, 2.75) is 46.5 Å². The number of anilines is 1. The van der Waals surface area contributed by atoms with Crippen LogP contribution in [0.1, 0.15) is 56.8 Å². The van der Waals surface area contributed by atoms with Crippen LogP contribution in [0.15, 0.2) is 53.9 Å². The summed E-state index contributed by atoms with van der Waals surface area (Å²) in [5, 5.41) is 11.3. The van der Waals surface area contributed by atoms with Crippen molar-refractivity contribution >= 4 is 35.0 Å². The third-order valence-corrected chi connectivity index (χ3v) is 6.63. The monoisotopic (exact) mass is 603 g/mol. The Bertz CT molecular complexity index is 1250. The molecule has 0 saturated heterocycles. The molecule has 0 aromatic heterocycles. The summed E-state index contributed by atoms with van der Waals surface area (Å²) in [6.07, 6.45) is 2.33. The summed E-state index contributed by atoms with van der Waals surface area (Å²) in [4.78, 5) is 41.6. The summed E-state index contributed by atoms with van der Waals surface area (Å²) in [7, 11) is 5.73. The lowest BCUT2D eigenvalue weighted by atomic mass is 9.88. The second-order valence-electron chi connectivity index (χ2n) is 11.0. The predicted molar refractivity (Wildman–Crippen MR) is 165 cm³/mol. The number of para-hydroxylation sites is 1. The van der Waals surface area contributed by atoms with Crippen LogP contribution in [0.4, 0.5) is 10.1 Å². The molecule has 0 aliphatic heterocycles. The minimum atomic E-state index is -0.693. The van der Waals surface area contributed by atoms with Crippen LogP contribution >= 0.6 is 11.6 Å². The standard InChI is InChI=1S/C31H43ClFN5O4/c1-7-42-26-18-24(33)23(32)17-22(26)29(40)35-20-31(2,3)19-27(39)37-28(25(34-4)15-11-12-16-38(5)6)30(41)36-21-13-9-8-10-14-21/h8-10,13-14,17-18,34H,7,11-12,15-16,19-20H2,1-6H3,(H,35,40)(H,36,41)(H,37,39)/b28-25+. The molecule has 2 aromatic carbocycles. The number of rotatable bonds is 16. The zero-order chi connectivity index (χ0) is 31.3. The van der Waals surface area contributed by atoms with Crippen molar-refractivity contribution in [3.05, 3.63) is 70.3 Å². The van der Waals surface area contributed by atoms with Gasteiger partial charge in [0.25, 0.3) is 11.8 Å². The fourth-order valence-corrected chi connectivity index (χ4v) is 4.33. The van der Waals surface area contributed by atoms with Crippen LogP contribution in [0.25, 0.3) is 0 Å². The lowest BCUT2D eigenvalue weighted by Crippen LogP contribution is -2.40. The van der Waals surface area contributed by atoms with Gasteiger partial charge in [0.05, 0.1) is 17.2 Å². The molecule has 0 spiro atoms. The Hall–Kier alpha value is -3.63. The van der Waals surface area contributed by atoms with E-state index in [1.165, 1.54) is 6.07 Å². The fraction of sp³-hybridized carbons (Fsp3) is 0.452. The van der Waals surface area contributed by atoms with E-state index < -0.39 is 23.0 Å². The van der Waals surface area contributed by atoms with E-state index >= 15 is 0 Å². The average Bonchev–Trinajstić information content (AvgIpc) is 2.93. The van der Waals surface area contributed by atoms with Gasteiger partial charge in [0.2, 0.25) is 5.91 Å². The van der Waals surface area contributed by atoms with E-state index in [1.54, 1.807) is 26.1 Å². The van der Waals surface area contributed by atoms with Crippen molar-refractivity contribution in [1.29, 1.82) is 0 Å². The number of unbranched alkanes of at least 4 members (excludes halogenated alkanes) is 1. The molecule has 0 heterocycles. The van der Waals surface area contributed by atoms with Crippen LogP contribution in [-0.4, -0.2) is 63.5 Å². The molecule has 9 nitrogen and oxygen atoms in total. The average molecular weight is 604 g/mol. The first kappa shape index (κ1) is 34.6. The highest BCUT2D eigenvalue weighted by Crippen LogP contribution is 2.27. The number of allylic oxidation sites excluding steroid dienone is 1. The lowest BCUT2D eigenvalue weighted by molar-refractivity contribution is -0.124. The number of amides is 3. The van der Waals surface area contributed by atoms with Gasteiger partial charge in [0, 0.05) is 37.5 Å². The van der Waals surface area contributed by atoms with E-state index in [0.717, 1.165) is 25.5 Å². The maximum Gasteiger partial charge on any atom is 0.273 e. The molecule has 230 valence electrons. The summed E-state index contributed by atoms with van der Waals surface area (Å²) in [6, 6.07) is 11.3. The fourth-order valence-electron chi connectivity index (χ4n) is 4.17. The number of carbonyl (C=O) groups is 3. The van der Waals surface area contributed by atoms with Crippen molar-refractivity contribution in [2.75, 3.05) is 46.2 Å². The number of benzene rings is 2. The minimum Gasteiger partial charge on any atom is -0.493 e. The SMILES string of the molecule is CCOc1cc(F)c(Cl)cc1C(=O)NCC(C)(C)CC(=O)N/C(C(=O)Nc1ccccc1)=C(\CCCCN(C)C)NC. The summed E-state index contributed by atoms with van der Waals surface area (Å²) < 4.78 is 19.3. The van der Waals surface area contributed by atoms with Crippen LogP contribution in [0.2, 0.25) is 5.02 Å². The van der Waals surface area contributed by atoms with E-state index in [9.17, 15) is 18.8 Å². The summed E-state index contributed by atoms with van der Waals surface area (Å²) in [6.45, 7) is 6.64. The van der Waals surface area contributed by atoms with E-state index in [1.807, 2.05) is 46.1 Å². The molecule has 0 unspecified atom stereocenters. The number of nitrogens with one attached hydrogen (secondary N) is 4. The minimum absolute atomic E-state index is 0.00944. The van der Waals surface area contributed by atoms with Gasteiger partial charge < -0.3 is 30.9 Å². The van der Waals surface area contributed by atoms with E-state index in [4.69, 9.17) is 16.3 Å². The maximum absolute atomic E-state index is 13.9. The second kappa shape index (κ2) is 16.7. The van der Waals surface area contributed by atoms with Crippen LogP contribution in [-0.2, 0) is 9.59 Å². The van der Waals surface area contributed by atoms with Crippen LogP contribution in [0, 0.1) is 11.2 Å². The molecule has 0 aliphatic rings. The highest BCUT2D eigenvalue weighted by molar-refractivity contribution is 6.31. The number of halogens is 2. The molecule has 11 heteroatoms. The first-order chi connectivity index (χ1) is 19.9. The third-order valence-electron chi connectivity index (χ3n) is 6.34. The van der Waals surface area contributed by atoms with Gasteiger partial charge in [-0.05, 0) is 70.4 Å². The lowest BCUT2D eigenvalue weighted by Gasteiger charge is -2.25. The van der Waals surface area contributed by atoms with Crippen molar-refractivity contribution in [1.82, 2.24) is 20.9 Å². The van der Waals surface area contributed by atoms with Crippen molar-refractivity contribution in [3.8, 4) is 5.75 Å². The Morgan fingerprint density at radius 2 is 1.76 bits per heavy atom. The van der Waals surface area contributed by atoms with E-state index in [2.05, 4.69) is 26.2 Å². The first-order valence-electron chi connectivity index (χ1n) is 14.0. The molecule has 42 heavy (non-hydrogen) atoms. The number of hydrogen-bond acceptors (Lipinski definition) is 6. The summed E-state index contributed by atoms with van der Waals surface area (Å²) >= 11 is 5.90. The van der Waals surface area contributed by atoms with Gasteiger partial charge in [-0.1, -0.05) is 43.6 Å². The van der Waals surface area contributed by atoms with Gasteiger partial charge in [-0.15, -0.1) is 0 Å². The van der Waals surface area contributed by atoms with Crippen LogP contribution < -0.4 is 26.0 Å². The molecular formula is C31H43ClFN5O4. The van der Waals surface area contributed by atoms with Gasteiger partial charge in [0.1, 0.15) is 17.3 Å². The molecule has 0 bridgehead atoms. The molecule has 0 saturated carbocycles. The Kier molecular flexibility index (Phi) is 13.8. The smallest absolute Gasteiger partial charge is 0.273 e. The van der Waals surface area contributed by atoms with Crippen molar-refractivity contribution in [3.63, 3.8) is 0 Å². The first-order valence-corrected chi connectivity index (χ1v) is 14.4. The van der Waals surface area contributed by atoms with Crippen LogP contribution in [0.3, 0.4) is 0 Å². The van der Waals surface area contributed by atoms with Gasteiger partial charge in [-0.3, -0.25) is 14.4 Å².